The van der Waals surface area contributed by atoms with E-state index >= 15 is 0 Å². The van der Waals surface area contributed by atoms with E-state index in [2.05, 4.69) is 128 Å². The number of aromatic nitrogens is 2. The summed E-state index contributed by atoms with van der Waals surface area (Å²) >= 11 is 0. The van der Waals surface area contributed by atoms with Gasteiger partial charge in [0.1, 0.15) is 18.4 Å². The summed E-state index contributed by atoms with van der Waals surface area (Å²) in [5.41, 5.74) is 8.38. The number of carbonyl (C=O) groups excluding carboxylic acids is 6. The number of likely N-dealkylation sites (N-methyl/N-ethyl adjacent to an activating group) is 2. The molecule has 7 N–H and O–H groups in total. The first kappa shape index (κ1) is 75.4. The SMILES string of the molecule is C=C(C)N.CC(C)CCC=O.CCC.CCC(C)C(C(CC(=O)N1CCCC1C(CC)C(C)C(=O)NCCc1cccc(NC)c1)OC)N(C)C.CCc1ncc(C=O)cn1.CNC.CNC(C)C(=O)NCC=O. The maximum absolute atomic E-state index is 13.6. The number of hydrogen-bond acceptors (Lipinski definition) is 14. The highest BCUT2D eigenvalue weighted by Gasteiger charge is 2.40. The third-order valence-electron chi connectivity index (χ3n) is 11.7. The van der Waals surface area contributed by atoms with Crippen LogP contribution < -0.4 is 32.3 Å². The molecule has 0 aliphatic carbocycles. The molecule has 0 spiro atoms. The largest absolute Gasteiger partial charge is 0.403 e. The van der Waals surface area contributed by atoms with Crippen molar-refractivity contribution >= 4 is 42.3 Å². The zero-order valence-corrected chi connectivity index (χ0v) is 49.4. The smallest absolute Gasteiger partial charge is 0.237 e. The van der Waals surface area contributed by atoms with Crippen LogP contribution in [0.4, 0.5) is 5.69 Å². The van der Waals surface area contributed by atoms with Gasteiger partial charge < -0.3 is 56.4 Å². The summed E-state index contributed by atoms with van der Waals surface area (Å²) in [6.07, 6.45) is 14.1. The Morgan fingerprint density at radius 3 is 1.92 bits per heavy atom. The average molecular weight is 1040 g/mol. The number of methoxy groups -OCH3 is 1. The summed E-state index contributed by atoms with van der Waals surface area (Å²) in [5.74, 6) is 1.93. The zero-order valence-electron chi connectivity index (χ0n) is 49.4. The first-order chi connectivity index (χ1) is 35.1. The van der Waals surface area contributed by atoms with E-state index in [0.717, 1.165) is 82.0 Å². The zero-order chi connectivity index (χ0) is 57.6. The van der Waals surface area contributed by atoms with Gasteiger partial charge in [0.05, 0.1) is 30.7 Å². The van der Waals surface area contributed by atoms with Crippen molar-refractivity contribution in [2.45, 2.75) is 165 Å². The Morgan fingerprint density at radius 1 is 0.919 bits per heavy atom. The summed E-state index contributed by atoms with van der Waals surface area (Å²) < 4.78 is 5.87. The number of rotatable bonds is 24. The third-order valence-corrected chi connectivity index (χ3v) is 11.7. The third kappa shape index (κ3) is 36.8. The summed E-state index contributed by atoms with van der Waals surface area (Å²) in [4.78, 5) is 79.2. The minimum atomic E-state index is -0.236. The van der Waals surface area contributed by atoms with Gasteiger partial charge in [-0.25, -0.2) is 9.97 Å². The lowest BCUT2D eigenvalue weighted by Crippen LogP contribution is -2.49. The number of aryl methyl sites for hydroxylation is 1. The fourth-order valence-corrected chi connectivity index (χ4v) is 7.59. The summed E-state index contributed by atoms with van der Waals surface area (Å²) in [7, 11) is 13.2. The maximum atomic E-state index is 13.6. The van der Waals surface area contributed by atoms with E-state index in [1.165, 1.54) is 24.4 Å². The minimum Gasteiger partial charge on any atom is -0.403 e. The van der Waals surface area contributed by atoms with Gasteiger partial charge in [0.15, 0.2) is 6.29 Å². The molecule has 7 unspecified atom stereocenters. The topological polar surface area (TPSA) is 230 Å². The number of nitrogens with zero attached hydrogens (tertiary/aromatic N) is 4. The number of carbonyl (C=O) groups is 6. The molecule has 1 aliphatic heterocycles. The molecule has 3 amide bonds. The Bertz CT molecular complexity index is 1740. The highest BCUT2D eigenvalue weighted by molar-refractivity contribution is 5.83. The van der Waals surface area contributed by atoms with E-state index in [1.54, 1.807) is 28.0 Å². The molecule has 2 aromatic rings. The highest BCUT2D eigenvalue weighted by Crippen LogP contribution is 2.33. The standard InChI is InChI=1S/C30H52N4O3.C7H8N2O.C6H12N2O2.C6H12O.C3H7N.C3H8.C2H7N/c1-9-21(3)29(33(6)7)27(37-8)20-28(35)34-18-12-15-26(34)25(10-2)22(4)30(36)32-17-16-23-13-11-14-24(19-23)31-5;1-2-7-8-3-6(5-10)4-9-7;1-5(7-2)6(10)8-3-4-9;1-6(2)4-3-5-7;1-3(2)4;2*1-3-2/h11,13-14,19,21-22,25-27,29,31H,9-10,12,15-18,20H2,1-8H3,(H,32,36);3-5H,2H2,1H3;4-5,7H,3H2,1-2H3,(H,8,10);5-6H,3-4H2,1-2H3;1,4H2,2H3;3H2,1-2H3;3H,1-2H3. The van der Waals surface area contributed by atoms with E-state index in [0.29, 0.717) is 42.3 Å². The van der Waals surface area contributed by atoms with Gasteiger partial charge in [-0.15, -0.1) is 0 Å². The first-order valence-corrected chi connectivity index (χ1v) is 26.7. The van der Waals surface area contributed by atoms with Gasteiger partial charge in [0, 0.05) is 76.2 Å². The Hall–Kier alpha value is -5.10. The molecule has 0 saturated carbocycles. The fourth-order valence-electron chi connectivity index (χ4n) is 7.59. The van der Waals surface area contributed by atoms with Crippen LogP contribution in [0.2, 0.25) is 0 Å². The van der Waals surface area contributed by atoms with Crippen LogP contribution in [0, 0.1) is 23.7 Å². The molecule has 1 aliphatic rings. The van der Waals surface area contributed by atoms with Crippen LogP contribution in [-0.2, 0) is 41.6 Å². The van der Waals surface area contributed by atoms with E-state index < -0.39 is 0 Å². The van der Waals surface area contributed by atoms with Crippen molar-refractivity contribution in [1.29, 1.82) is 0 Å². The monoisotopic (exact) mass is 1040 g/mol. The van der Waals surface area contributed by atoms with Crippen LogP contribution in [-0.4, -0.2) is 150 Å². The molecule has 7 atom stereocenters. The Balaban J connectivity index is -0.000000529. The van der Waals surface area contributed by atoms with Crippen LogP contribution in [0.25, 0.3) is 0 Å². The van der Waals surface area contributed by atoms with Gasteiger partial charge in [-0.1, -0.05) is 100 Å². The van der Waals surface area contributed by atoms with Crippen molar-refractivity contribution in [3.05, 3.63) is 65.9 Å². The molecule has 1 aromatic heterocycles. The second kappa shape index (κ2) is 48.8. The van der Waals surface area contributed by atoms with E-state index in [9.17, 15) is 28.8 Å². The van der Waals surface area contributed by atoms with Gasteiger partial charge in [0.25, 0.3) is 0 Å². The predicted octanol–water partition coefficient (Wildman–Crippen LogP) is 7.53. The normalized spacial score (nSPS) is 14.5. The minimum absolute atomic E-state index is 0.0788. The van der Waals surface area contributed by atoms with Gasteiger partial charge >= 0.3 is 0 Å². The Labute approximate surface area is 449 Å². The molecule has 3 rings (SSSR count). The van der Waals surface area contributed by atoms with Crippen LogP contribution in [0.3, 0.4) is 0 Å². The molecule has 1 fully saturated rings. The number of likely N-dealkylation sites (tertiary alicyclic amines) is 1. The number of amides is 3. The van der Waals surface area contributed by atoms with Gasteiger partial charge in [-0.05, 0) is 116 Å². The van der Waals surface area contributed by atoms with Crippen molar-refractivity contribution in [2.24, 2.45) is 29.4 Å². The second-order valence-corrected chi connectivity index (χ2v) is 19.0. The molecule has 0 bridgehead atoms. The lowest BCUT2D eigenvalue weighted by atomic mass is 9.83. The molecular formula is C57H106N10O7. The number of nitrogens with one attached hydrogen (secondary N) is 5. The fraction of sp³-hybridized carbons (Fsp3) is 0.684. The quantitative estimate of drug-likeness (QED) is 0.0559. The summed E-state index contributed by atoms with van der Waals surface area (Å²) in [6.45, 7) is 27.3. The molecule has 17 nitrogen and oxygen atoms in total. The molecule has 17 heteroatoms. The number of allylic oxidation sites excluding steroid dienone is 1. The number of anilines is 1. The molecule has 1 saturated heterocycles. The highest BCUT2D eigenvalue weighted by atomic mass is 16.5. The lowest BCUT2D eigenvalue weighted by molar-refractivity contribution is -0.139. The molecular weight excluding hydrogens is 937 g/mol. The molecule has 74 heavy (non-hydrogen) atoms. The van der Waals surface area contributed by atoms with Gasteiger partial charge in [0.2, 0.25) is 17.7 Å². The lowest BCUT2D eigenvalue weighted by Gasteiger charge is -2.38. The average Bonchev–Trinajstić information content (AvgIpc) is 3.87. The Morgan fingerprint density at radius 2 is 1.50 bits per heavy atom. The molecule has 426 valence electrons. The van der Waals surface area contributed by atoms with E-state index in [-0.39, 0.29) is 60.3 Å². The number of hydrogen-bond donors (Lipinski definition) is 6. The molecule has 2 heterocycles. The van der Waals surface area contributed by atoms with Gasteiger partial charge in [-0.2, -0.15) is 0 Å². The van der Waals surface area contributed by atoms with Crippen molar-refractivity contribution < 1.29 is 33.5 Å². The van der Waals surface area contributed by atoms with Crippen molar-refractivity contribution in [2.75, 3.05) is 74.3 Å². The number of ether oxygens (including phenoxy) is 1. The summed E-state index contributed by atoms with van der Waals surface area (Å²) in [6, 6.07) is 8.31. The molecule has 1 aromatic carbocycles. The van der Waals surface area contributed by atoms with E-state index in [1.807, 2.05) is 47.1 Å². The maximum Gasteiger partial charge on any atom is 0.237 e. The van der Waals surface area contributed by atoms with Crippen molar-refractivity contribution in [1.82, 2.24) is 41.0 Å². The first-order valence-electron chi connectivity index (χ1n) is 26.7. The summed E-state index contributed by atoms with van der Waals surface area (Å²) in [5, 5.41) is 14.2. The van der Waals surface area contributed by atoms with Gasteiger partial charge in [-0.3, -0.25) is 19.2 Å². The number of aldehydes is 3. The number of benzene rings is 1. The van der Waals surface area contributed by atoms with Crippen LogP contribution >= 0.6 is 0 Å². The van der Waals surface area contributed by atoms with E-state index in [4.69, 9.17) is 10.5 Å². The predicted molar refractivity (Wildman–Crippen MR) is 307 cm³/mol. The molecule has 0 radical (unpaired) electrons. The van der Waals surface area contributed by atoms with Crippen LogP contribution in [0.5, 0.6) is 0 Å². The van der Waals surface area contributed by atoms with Crippen molar-refractivity contribution in [3.63, 3.8) is 0 Å². The van der Waals surface area contributed by atoms with Crippen LogP contribution in [0.15, 0.2) is 48.9 Å². The Kier molecular flexibility index (Phi) is 49.8. The van der Waals surface area contributed by atoms with Crippen LogP contribution in [0.1, 0.15) is 149 Å². The number of nitrogens with two attached hydrogens (primary N) is 1. The second-order valence-electron chi connectivity index (χ2n) is 19.0. The van der Waals surface area contributed by atoms with Crippen molar-refractivity contribution in [3.8, 4) is 0 Å².